The van der Waals surface area contributed by atoms with Gasteiger partial charge in [-0.3, -0.25) is 4.79 Å². The number of aryl methyl sites for hydroxylation is 1. The fourth-order valence-corrected chi connectivity index (χ4v) is 2.66. The molecule has 0 fully saturated rings. The van der Waals surface area contributed by atoms with Crippen LogP contribution >= 0.6 is 11.3 Å². The summed E-state index contributed by atoms with van der Waals surface area (Å²) in [6.45, 7) is 2.52. The fourth-order valence-electron chi connectivity index (χ4n) is 1.69. The van der Waals surface area contributed by atoms with Crippen molar-refractivity contribution in [1.29, 1.82) is 0 Å². The van der Waals surface area contributed by atoms with E-state index >= 15 is 0 Å². The van der Waals surface area contributed by atoms with Crippen LogP contribution in [0.2, 0.25) is 0 Å². The molecule has 0 aliphatic heterocycles. The van der Waals surface area contributed by atoms with Gasteiger partial charge in [-0.05, 0) is 18.1 Å². The molecule has 1 heterocycles. The molecule has 19 heavy (non-hydrogen) atoms. The van der Waals surface area contributed by atoms with Gasteiger partial charge in [0.05, 0.1) is 15.2 Å². The summed E-state index contributed by atoms with van der Waals surface area (Å²) < 4.78 is 1.16. The van der Waals surface area contributed by atoms with Crippen molar-refractivity contribution >= 4 is 27.5 Å². The molecule has 1 aromatic heterocycles. The van der Waals surface area contributed by atoms with Crippen molar-refractivity contribution in [1.82, 2.24) is 10.3 Å². The van der Waals surface area contributed by atoms with Gasteiger partial charge in [0.15, 0.2) is 0 Å². The highest BCUT2D eigenvalue weighted by Gasteiger charge is 2.08. The number of nitrogens with one attached hydrogen (secondary N) is 1. The maximum absolute atomic E-state index is 11.6. The highest BCUT2D eigenvalue weighted by atomic mass is 32.1. The van der Waals surface area contributed by atoms with E-state index in [-0.39, 0.29) is 18.4 Å². The van der Waals surface area contributed by atoms with Crippen LogP contribution in [0.15, 0.2) is 24.3 Å². The van der Waals surface area contributed by atoms with Crippen LogP contribution in [0.4, 0.5) is 0 Å². The van der Waals surface area contributed by atoms with Gasteiger partial charge >= 0.3 is 0 Å². The van der Waals surface area contributed by atoms with Gasteiger partial charge < -0.3 is 10.4 Å². The quantitative estimate of drug-likeness (QED) is 0.849. The van der Waals surface area contributed by atoms with E-state index in [1.165, 1.54) is 0 Å². The molecule has 0 aliphatic rings. The van der Waals surface area contributed by atoms with Gasteiger partial charge in [0, 0.05) is 26.0 Å². The molecule has 0 aliphatic carbocycles. The molecule has 2 aromatic rings. The zero-order valence-corrected chi connectivity index (χ0v) is 11.7. The molecule has 102 valence electrons. The van der Waals surface area contributed by atoms with Crippen molar-refractivity contribution < 1.29 is 9.90 Å². The number of aliphatic hydroxyl groups is 1. The predicted octanol–water partition coefficient (Wildman–Crippen LogP) is 1.97. The Hall–Kier alpha value is -1.46. The summed E-state index contributed by atoms with van der Waals surface area (Å²) >= 11 is 1.64. The standard InChI is InChI=1S/C14H18N2O2S/c1-10(9-17)8-15-13(18)6-7-14-16-11-4-2-3-5-12(11)19-14/h2-5,10,17H,6-9H2,1H3,(H,15,18). The molecule has 1 aromatic carbocycles. The number of para-hydroxylation sites is 1. The van der Waals surface area contributed by atoms with E-state index in [1.807, 2.05) is 31.2 Å². The molecule has 1 amide bonds. The summed E-state index contributed by atoms with van der Waals surface area (Å²) in [7, 11) is 0. The average Bonchev–Trinajstić information content (AvgIpc) is 2.85. The van der Waals surface area contributed by atoms with E-state index in [1.54, 1.807) is 11.3 Å². The Morgan fingerprint density at radius 3 is 3.00 bits per heavy atom. The van der Waals surface area contributed by atoms with Crippen molar-refractivity contribution in [2.45, 2.75) is 19.8 Å². The second-order valence-corrected chi connectivity index (χ2v) is 5.78. The number of carbonyl (C=O) groups excluding carboxylic acids is 1. The lowest BCUT2D eigenvalue weighted by molar-refractivity contribution is -0.121. The summed E-state index contributed by atoms with van der Waals surface area (Å²) in [5.41, 5.74) is 0.997. The highest BCUT2D eigenvalue weighted by Crippen LogP contribution is 2.22. The van der Waals surface area contributed by atoms with Crippen molar-refractivity contribution in [3.63, 3.8) is 0 Å². The SMILES string of the molecule is CC(CO)CNC(=O)CCc1nc2ccccc2s1. The second kappa shape index (κ2) is 6.63. The summed E-state index contributed by atoms with van der Waals surface area (Å²) in [4.78, 5) is 16.1. The van der Waals surface area contributed by atoms with Crippen molar-refractivity contribution in [2.24, 2.45) is 5.92 Å². The molecule has 1 atom stereocenters. The van der Waals surface area contributed by atoms with Crippen LogP contribution in [-0.2, 0) is 11.2 Å². The van der Waals surface area contributed by atoms with Crippen molar-refractivity contribution in [2.75, 3.05) is 13.2 Å². The Labute approximate surface area is 116 Å². The Kier molecular flexibility index (Phi) is 4.87. The maximum Gasteiger partial charge on any atom is 0.220 e. The van der Waals surface area contributed by atoms with Crippen LogP contribution < -0.4 is 5.32 Å². The van der Waals surface area contributed by atoms with E-state index < -0.39 is 0 Å². The van der Waals surface area contributed by atoms with Gasteiger partial charge in [0.2, 0.25) is 5.91 Å². The minimum Gasteiger partial charge on any atom is -0.396 e. The van der Waals surface area contributed by atoms with Gasteiger partial charge in [-0.2, -0.15) is 0 Å². The molecule has 2 N–H and O–H groups in total. The summed E-state index contributed by atoms with van der Waals surface area (Å²) in [5.74, 6) is 0.117. The van der Waals surface area contributed by atoms with Crippen molar-refractivity contribution in [3.8, 4) is 0 Å². The van der Waals surface area contributed by atoms with E-state index in [2.05, 4.69) is 10.3 Å². The first-order chi connectivity index (χ1) is 9.19. The Morgan fingerprint density at radius 2 is 2.26 bits per heavy atom. The highest BCUT2D eigenvalue weighted by molar-refractivity contribution is 7.18. The number of thiazole rings is 1. The molecule has 0 spiro atoms. The lowest BCUT2D eigenvalue weighted by atomic mass is 10.2. The summed E-state index contributed by atoms with van der Waals surface area (Å²) in [6.07, 6.45) is 1.11. The van der Waals surface area contributed by atoms with E-state index in [0.717, 1.165) is 15.2 Å². The Balaban J connectivity index is 1.83. The van der Waals surface area contributed by atoms with E-state index in [9.17, 15) is 4.79 Å². The molecule has 2 rings (SSSR count). The normalized spacial score (nSPS) is 12.5. The van der Waals surface area contributed by atoms with Gasteiger partial charge in [-0.25, -0.2) is 4.98 Å². The molecule has 0 bridgehead atoms. The van der Waals surface area contributed by atoms with Gasteiger partial charge in [0.1, 0.15) is 0 Å². The first-order valence-electron chi connectivity index (χ1n) is 6.41. The zero-order valence-electron chi connectivity index (χ0n) is 10.9. The van der Waals surface area contributed by atoms with Crippen LogP contribution in [0.1, 0.15) is 18.4 Å². The number of hydrogen-bond donors (Lipinski definition) is 2. The van der Waals surface area contributed by atoms with E-state index in [0.29, 0.717) is 19.4 Å². The largest absolute Gasteiger partial charge is 0.396 e. The molecule has 0 saturated heterocycles. The number of aromatic nitrogens is 1. The van der Waals surface area contributed by atoms with Crippen LogP contribution in [0.5, 0.6) is 0 Å². The monoisotopic (exact) mass is 278 g/mol. The summed E-state index contributed by atoms with van der Waals surface area (Å²) in [6, 6.07) is 7.99. The minimum atomic E-state index is 0.0135. The first kappa shape index (κ1) is 14.0. The lowest BCUT2D eigenvalue weighted by Gasteiger charge is -2.08. The number of nitrogens with zero attached hydrogens (tertiary/aromatic N) is 1. The number of hydrogen-bond acceptors (Lipinski definition) is 4. The van der Waals surface area contributed by atoms with Crippen LogP contribution in [-0.4, -0.2) is 29.1 Å². The number of rotatable bonds is 6. The topological polar surface area (TPSA) is 62.2 Å². The van der Waals surface area contributed by atoms with Crippen molar-refractivity contribution in [3.05, 3.63) is 29.3 Å². The number of carbonyl (C=O) groups is 1. The van der Waals surface area contributed by atoms with Crippen LogP contribution in [0.3, 0.4) is 0 Å². The minimum absolute atomic E-state index is 0.0135. The molecule has 1 unspecified atom stereocenters. The molecule has 0 saturated carbocycles. The molecular weight excluding hydrogens is 260 g/mol. The predicted molar refractivity (Wildman–Crippen MR) is 77.2 cm³/mol. The fraction of sp³-hybridized carbons (Fsp3) is 0.429. The average molecular weight is 278 g/mol. The number of aliphatic hydroxyl groups excluding tert-OH is 1. The molecule has 4 nitrogen and oxygen atoms in total. The lowest BCUT2D eigenvalue weighted by Crippen LogP contribution is -2.29. The van der Waals surface area contributed by atoms with Crippen LogP contribution in [0, 0.1) is 5.92 Å². The zero-order chi connectivity index (χ0) is 13.7. The number of fused-ring (bicyclic) bond motifs is 1. The van der Waals surface area contributed by atoms with E-state index in [4.69, 9.17) is 5.11 Å². The van der Waals surface area contributed by atoms with Crippen LogP contribution in [0.25, 0.3) is 10.2 Å². The molecular formula is C14H18N2O2S. The molecule has 0 radical (unpaired) electrons. The van der Waals surface area contributed by atoms with Gasteiger partial charge in [0.25, 0.3) is 0 Å². The van der Waals surface area contributed by atoms with Gasteiger partial charge in [-0.15, -0.1) is 11.3 Å². The maximum atomic E-state index is 11.6. The Bertz CT molecular complexity index is 520. The van der Waals surface area contributed by atoms with Gasteiger partial charge in [-0.1, -0.05) is 19.1 Å². The first-order valence-corrected chi connectivity index (χ1v) is 7.22. The summed E-state index contributed by atoms with van der Waals surface area (Å²) in [5, 5.41) is 12.7. The third kappa shape index (κ3) is 4.01. The second-order valence-electron chi connectivity index (χ2n) is 4.67. The number of amides is 1. The molecule has 5 heteroatoms. The third-order valence-electron chi connectivity index (χ3n) is 2.86. The third-order valence-corrected chi connectivity index (χ3v) is 3.96. The smallest absolute Gasteiger partial charge is 0.220 e. The number of benzene rings is 1. The Morgan fingerprint density at radius 1 is 1.47 bits per heavy atom.